The first-order valence-electron chi connectivity index (χ1n) is 13.1. The van der Waals surface area contributed by atoms with E-state index in [9.17, 15) is 13.2 Å². The first-order valence-corrected chi connectivity index (χ1v) is 15.3. The summed E-state index contributed by atoms with van der Waals surface area (Å²) in [4.78, 5) is 15.0. The maximum absolute atomic E-state index is 16.0. The fourth-order valence-electron chi connectivity index (χ4n) is 5.53. The summed E-state index contributed by atoms with van der Waals surface area (Å²) in [5.41, 5.74) is 6.58. The molecule has 2 saturated heterocycles. The van der Waals surface area contributed by atoms with Gasteiger partial charge in [0.2, 0.25) is 15.9 Å². The number of ether oxygens (including phenoxy) is 1. The summed E-state index contributed by atoms with van der Waals surface area (Å²) in [6, 6.07) is 17.0. The van der Waals surface area contributed by atoms with E-state index >= 15 is 8.78 Å². The van der Waals surface area contributed by atoms with Crippen molar-refractivity contribution in [1.82, 2.24) is 9.62 Å². The normalized spacial score (nSPS) is 21.7. The highest BCUT2D eigenvalue weighted by molar-refractivity contribution is 9.10. The van der Waals surface area contributed by atoms with Crippen molar-refractivity contribution in [2.24, 2.45) is 5.73 Å². The third-order valence-electron chi connectivity index (χ3n) is 7.52. The molecule has 0 radical (unpaired) electrons. The number of hydrogen-bond acceptors (Lipinski definition) is 5. The molecule has 2 aliphatic heterocycles. The van der Waals surface area contributed by atoms with E-state index in [2.05, 4.69) is 20.7 Å². The molecule has 212 valence electrons. The number of fused-ring (bicyclic) bond motifs is 2. The topological polar surface area (TPSA) is 102 Å². The van der Waals surface area contributed by atoms with Crippen LogP contribution in [-0.4, -0.2) is 43.4 Å². The Labute approximate surface area is 240 Å². The molecule has 3 aromatic carbocycles. The van der Waals surface area contributed by atoms with Crippen molar-refractivity contribution in [3.8, 4) is 5.75 Å². The van der Waals surface area contributed by atoms with Crippen LogP contribution in [-0.2, 0) is 27.3 Å². The molecule has 2 aliphatic rings. The molecule has 3 aromatic rings. The summed E-state index contributed by atoms with van der Waals surface area (Å²) in [6.07, 6.45) is 2.29. The van der Waals surface area contributed by atoms with Gasteiger partial charge < -0.3 is 15.4 Å². The molecule has 0 aromatic heterocycles. The van der Waals surface area contributed by atoms with Crippen LogP contribution >= 0.6 is 15.9 Å². The van der Waals surface area contributed by atoms with E-state index in [4.69, 9.17) is 10.5 Å². The van der Waals surface area contributed by atoms with E-state index in [1.165, 1.54) is 53.4 Å². The van der Waals surface area contributed by atoms with E-state index in [1.54, 1.807) is 0 Å². The maximum Gasteiger partial charge on any atom is 0.298 e. The van der Waals surface area contributed by atoms with Crippen molar-refractivity contribution in [2.45, 2.75) is 67.3 Å². The molecule has 0 spiro atoms. The van der Waals surface area contributed by atoms with Crippen LogP contribution < -0.4 is 15.2 Å². The fraction of sp³-hybridized carbons (Fsp3) is 0.345. The van der Waals surface area contributed by atoms with Gasteiger partial charge in [-0.1, -0.05) is 58.4 Å². The second-order valence-electron chi connectivity index (χ2n) is 10.3. The molecule has 40 heavy (non-hydrogen) atoms. The van der Waals surface area contributed by atoms with Crippen LogP contribution in [0.3, 0.4) is 0 Å². The maximum atomic E-state index is 16.0. The van der Waals surface area contributed by atoms with Gasteiger partial charge in [-0.3, -0.25) is 4.79 Å². The van der Waals surface area contributed by atoms with E-state index in [-0.39, 0.29) is 29.6 Å². The van der Waals surface area contributed by atoms with Crippen molar-refractivity contribution in [3.63, 3.8) is 0 Å². The van der Waals surface area contributed by atoms with Crippen LogP contribution in [0, 0.1) is 0 Å². The number of nitrogens with two attached hydrogens (primary N) is 1. The number of carbonyl (C=O) groups is 1. The Bertz CT molecular complexity index is 1430. The van der Waals surface area contributed by atoms with Crippen molar-refractivity contribution in [1.29, 1.82) is 0 Å². The van der Waals surface area contributed by atoms with Crippen molar-refractivity contribution in [2.75, 3.05) is 0 Å². The predicted octanol–water partition coefficient (Wildman–Crippen LogP) is 4.95. The number of amides is 1. The Balaban J connectivity index is 1.41. The number of nitrogens with zero attached hydrogens (tertiary/aromatic N) is 1. The van der Waals surface area contributed by atoms with Crippen LogP contribution in [0.1, 0.15) is 36.8 Å². The standard InChI is InChI=1S/C29H30BrF2N3O4S/c30-21-8-6-20(7-9-21)29(31,32)27(28(36)35-23-10-11-24(35)17-22(33)16-23)34-40(37,38)26-14-12-25(13-15-26)39-18-19-4-2-1-3-5-19/h1-9,12-15,22-24,27,34H,10-11,16-18,33H2/t22?,23?,24?,27-/m0/s1. The largest absolute Gasteiger partial charge is 0.489 e. The predicted molar refractivity (Wildman–Crippen MR) is 150 cm³/mol. The van der Waals surface area contributed by atoms with Crippen molar-refractivity contribution in [3.05, 3.63) is 94.5 Å². The molecule has 11 heteroatoms. The minimum atomic E-state index is -4.52. The van der Waals surface area contributed by atoms with Crippen molar-refractivity contribution >= 4 is 31.9 Å². The Kier molecular flexibility index (Phi) is 8.28. The Morgan fingerprint density at radius 2 is 1.60 bits per heavy atom. The van der Waals surface area contributed by atoms with Crippen LogP contribution in [0.5, 0.6) is 5.75 Å². The van der Waals surface area contributed by atoms with Gasteiger partial charge in [-0.15, -0.1) is 0 Å². The number of rotatable bonds is 9. The second-order valence-corrected chi connectivity index (χ2v) is 12.9. The Morgan fingerprint density at radius 3 is 2.20 bits per heavy atom. The fourth-order valence-corrected chi connectivity index (χ4v) is 6.98. The van der Waals surface area contributed by atoms with Gasteiger partial charge in [0.15, 0.2) is 6.04 Å². The average Bonchev–Trinajstić information content (AvgIpc) is 3.21. The lowest BCUT2D eigenvalue weighted by Gasteiger charge is -2.41. The monoisotopic (exact) mass is 633 g/mol. The molecule has 0 saturated carbocycles. The van der Waals surface area contributed by atoms with Crippen molar-refractivity contribution < 1.29 is 26.7 Å². The van der Waals surface area contributed by atoms with Crippen LogP contribution in [0.4, 0.5) is 8.78 Å². The van der Waals surface area contributed by atoms with E-state index < -0.39 is 33.5 Å². The molecule has 2 bridgehead atoms. The molecular formula is C29H30BrF2N3O4S. The summed E-state index contributed by atoms with van der Waals surface area (Å²) in [5.74, 6) is -4.36. The molecule has 3 N–H and O–H groups in total. The van der Waals surface area contributed by atoms with Gasteiger partial charge in [-0.2, -0.15) is 13.5 Å². The molecular weight excluding hydrogens is 604 g/mol. The second kappa shape index (κ2) is 11.6. The first-order chi connectivity index (χ1) is 19.0. The number of sulfonamides is 1. The number of halogens is 3. The molecule has 5 rings (SSSR count). The lowest BCUT2D eigenvalue weighted by molar-refractivity contribution is -0.149. The van der Waals surface area contributed by atoms with Crippen LogP contribution in [0.2, 0.25) is 0 Å². The smallest absolute Gasteiger partial charge is 0.298 e. The van der Waals surface area contributed by atoms with Gasteiger partial charge in [0.25, 0.3) is 5.92 Å². The lowest BCUT2D eigenvalue weighted by Crippen LogP contribution is -2.60. The van der Waals surface area contributed by atoms with E-state index in [0.717, 1.165) is 5.56 Å². The van der Waals surface area contributed by atoms with E-state index in [0.29, 0.717) is 35.9 Å². The summed E-state index contributed by atoms with van der Waals surface area (Å²) in [7, 11) is -4.52. The number of hydrogen-bond donors (Lipinski definition) is 2. The third-order valence-corrected chi connectivity index (χ3v) is 9.49. The zero-order chi connectivity index (χ0) is 28.5. The molecule has 7 nitrogen and oxygen atoms in total. The van der Waals surface area contributed by atoms with Gasteiger partial charge >= 0.3 is 0 Å². The Morgan fingerprint density at radius 1 is 1.00 bits per heavy atom. The molecule has 1 amide bonds. The average molecular weight is 635 g/mol. The highest BCUT2D eigenvalue weighted by atomic mass is 79.9. The SMILES string of the molecule is NC1CC2CCC(C1)N2C(=O)[C@H](NS(=O)(=O)c1ccc(OCc2ccccc2)cc1)C(F)(F)c1ccc(Br)cc1. The summed E-state index contributed by atoms with van der Waals surface area (Å²) in [5, 5.41) is 0. The van der Waals surface area contributed by atoms with Crippen LogP contribution in [0.15, 0.2) is 88.2 Å². The van der Waals surface area contributed by atoms with Gasteiger partial charge in [-0.05, 0) is 67.6 Å². The number of piperidine rings is 1. The third kappa shape index (κ3) is 6.07. The van der Waals surface area contributed by atoms with Gasteiger partial charge in [0.05, 0.1) is 4.90 Å². The van der Waals surface area contributed by atoms with Gasteiger partial charge in [0.1, 0.15) is 12.4 Å². The zero-order valence-electron chi connectivity index (χ0n) is 21.6. The summed E-state index contributed by atoms with van der Waals surface area (Å²) >= 11 is 3.23. The number of carbonyl (C=O) groups excluding carboxylic acids is 1. The molecule has 3 atom stereocenters. The number of benzene rings is 3. The summed E-state index contributed by atoms with van der Waals surface area (Å²) < 4.78 is 67.2. The molecule has 2 fully saturated rings. The van der Waals surface area contributed by atoms with Gasteiger partial charge in [-0.25, -0.2) is 8.42 Å². The van der Waals surface area contributed by atoms with E-state index in [1.807, 2.05) is 30.3 Å². The quantitative estimate of drug-likeness (QED) is 0.347. The minimum absolute atomic E-state index is 0.119. The number of alkyl halides is 2. The summed E-state index contributed by atoms with van der Waals surface area (Å²) in [6.45, 7) is 0.281. The van der Waals surface area contributed by atoms with Gasteiger partial charge in [0, 0.05) is 28.2 Å². The Hall–Kier alpha value is -2.86. The first kappa shape index (κ1) is 28.7. The highest BCUT2D eigenvalue weighted by Crippen LogP contribution is 2.40. The minimum Gasteiger partial charge on any atom is -0.489 e. The molecule has 2 unspecified atom stereocenters. The van der Waals surface area contributed by atoms with Crippen LogP contribution in [0.25, 0.3) is 0 Å². The molecule has 0 aliphatic carbocycles. The number of nitrogens with one attached hydrogen (secondary N) is 1. The molecule has 2 heterocycles. The zero-order valence-corrected chi connectivity index (χ0v) is 24.0. The lowest BCUT2D eigenvalue weighted by atomic mass is 9.95. The highest BCUT2D eigenvalue weighted by Gasteiger charge is 2.53.